The Labute approximate surface area is 230 Å². The number of hydrazine groups is 1. The first-order chi connectivity index (χ1) is 18.8. The second-order valence-corrected chi connectivity index (χ2v) is 11.8. The Bertz CT molecular complexity index is 1230. The van der Waals surface area contributed by atoms with Crippen LogP contribution in [0.3, 0.4) is 0 Å². The monoisotopic (exact) mass is 533 g/mol. The summed E-state index contributed by atoms with van der Waals surface area (Å²) < 4.78 is 10.9. The quantitative estimate of drug-likeness (QED) is 0.594. The first kappa shape index (κ1) is 26.1. The van der Waals surface area contributed by atoms with E-state index in [0.717, 1.165) is 48.5 Å². The number of carbonyl (C=O) groups excluding carboxylic acids is 2. The van der Waals surface area contributed by atoms with Gasteiger partial charge in [0.05, 0.1) is 37.8 Å². The minimum Gasteiger partial charge on any atom is -0.496 e. The van der Waals surface area contributed by atoms with Crippen molar-refractivity contribution in [2.45, 2.75) is 44.7 Å². The largest absolute Gasteiger partial charge is 0.496 e. The van der Waals surface area contributed by atoms with Gasteiger partial charge in [-0.15, -0.1) is 0 Å². The van der Waals surface area contributed by atoms with Gasteiger partial charge in [0.2, 0.25) is 5.91 Å². The van der Waals surface area contributed by atoms with Gasteiger partial charge < -0.3 is 19.3 Å². The van der Waals surface area contributed by atoms with Gasteiger partial charge in [-0.1, -0.05) is 24.3 Å². The third kappa shape index (κ3) is 4.56. The van der Waals surface area contributed by atoms with Crippen molar-refractivity contribution in [3.63, 3.8) is 0 Å². The predicted octanol–water partition coefficient (Wildman–Crippen LogP) is 3.03. The lowest BCUT2D eigenvalue weighted by molar-refractivity contribution is -0.170. The van der Waals surface area contributed by atoms with Crippen molar-refractivity contribution in [1.29, 1.82) is 0 Å². The van der Waals surface area contributed by atoms with Gasteiger partial charge in [-0.25, -0.2) is 4.79 Å². The number of carbonyl (C=O) groups is 2. The molecule has 1 spiro atoms. The van der Waals surface area contributed by atoms with Crippen LogP contribution in [0, 0.1) is 12.3 Å². The average molecular weight is 534 g/mol. The second-order valence-electron chi connectivity index (χ2n) is 11.8. The third-order valence-corrected chi connectivity index (χ3v) is 9.27. The molecular weight excluding hydrogens is 494 g/mol. The summed E-state index contributed by atoms with van der Waals surface area (Å²) in [7, 11) is 1.68. The number of ether oxygens (including phenoxy) is 2. The Morgan fingerprint density at radius 3 is 2.38 bits per heavy atom. The molecule has 4 heterocycles. The smallest absolute Gasteiger partial charge is 0.325 e. The number of methoxy groups -OCH3 is 1. The van der Waals surface area contributed by atoms with Crippen LogP contribution in [-0.2, 0) is 16.1 Å². The van der Waals surface area contributed by atoms with Crippen LogP contribution in [0.5, 0.6) is 5.75 Å². The number of nitrogens with one attached hydrogen (secondary N) is 2. The number of piperidine rings is 1. The van der Waals surface area contributed by atoms with Crippen LogP contribution < -0.4 is 20.5 Å². The zero-order valence-electron chi connectivity index (χ0n) is 23.2. The number of hydrogen-bond acceptors (Lipinski definition) is 6. The van der Waals surface area contributed by atoms with E-state index in [2.05, 4.69) is 46.1 Å². The standard InChI is InChI=1S/C30H39N5O4/c1-21-23(5-4-6-26(21)38-3)17-35-28(37)34(25-9-7-22(8-10-25)24-15-31-32-16-24)18-30(35)11-13-33(14-12-30)27(36)29(2)19-39-20-29/h4-10,24,31-32H,11-20H2,1-3H3. The molecule has 0 radical (unpaired) electrons. The Morgan fingerprint density at radius 1 is 1.08 bits per heavy atom. The van der Waals surface area contributed by atoms with Crippen molar-refractivity contribution in [3.05, 3.63) is 59.2 Å². The van der Waals surface area contributed by atoms with Crippen molar-refractivity contribution in [3.8, 4) is 5.75 Å². The Balaban J connectivity index is 1.27. The molecule has 9 nitrogen and oxygen atoms in total. The van der Waals surface area contributed by atoms with E-state index < -0.39 is 5.41 Å². The molecule has 3 amide bonds. The molecule has 0 unspecified atom stereocenters. The lowest BCUT2D eigenvalue weighted by atomic mass is 9.82. The van der Waals surface area contributed by atoms with E-state index in [1.807, 2.05) is 35.8 Å². The third-order valence-electron chi connectivity index (χ3n) is 9.27. The van der Waals surface area contributed by atoms with Crippen LogP contribution in [0.4, 0.5) is 10.5 Å². The first-order valence-electron chi connectivity index (χ1n) is 14.0. The number of hydrogen-bond donors (Lipinski definition) is 2. The Kier molecular flexibility index (Phi) is 6.77. The van der Waals surface area contributed by atoms with Crippen molar-refractivity contribution in [1.82, 2.24) is 20.7 Å². The van der Waals surface area contributed by atoms with Gasteiger partial charge in [0.25, 0.3) is 0 Å². The van der Waals surface area contributed by atoms with E-state index in [9.17, 15) is 9.59 Å². The lowest BCUT2D eigenvalue weighted by Gasteiger charge is -2.47. The van der Waals surface area contributed by atoms with Crippen molar-refractivity contribution >= 4 is 17.6 Å². The van der Waals surface area contributed by atoms with E-state index in [-0.39, 0.29) is 17.5 Å². The molecular formula is C30H39N5O4. The van der Waals surface area contributed by atoms with Crippen LogP contribution >= 0.6 is 0 Å². The molecule has 4 aliphatic rings. The van der Waals surface area contributed by atoms with Gasteiger partial charge in [-0.3, -0.25) is 20.5 Å². The molecule has 4 saturated heterocycles. The Morgan fingerprint density at radius 2 is 1.77 bits per heavy atom. The predicted molar refractivity (Wildman–Crippen MR) is 149 cm³/mol. The Hall–Kier alpha value is -3.14. The molecule has 9 heteroatoms. The van der Waals surface area contributed by atoms with Crippen molar-refractivity contribution in [2.24, 2.45) is 5.41 Å². The van der Waals surface area contributed by atoms with Crippen LogP contribution in [0.2, 0.25) is 0 Å². The summed E-state index contributed by atoms with van der Waals surface area (Å²) >= 11 is 0. The van der Waals surface area contributed by atoms with Gasteiger partial charge in [0.1, 0.15) is 5.75 Å². The van der Waals surface area contributed by atoms with Gasteiger partial charge in [-0.2, -0.15) is 0 Å². The fourth-order valence-electron chi connectivity index (χ4n) is 6.55. The molecule has 4 fully saturated rings. The minimum atomic E-state index is -0.411. The van der Waals surface area contributed by atoms with E-state index in [1.54, 1.807) is 7.11 Å². The van der Waals surface area contributed by atoms with Gasteiger partial charge in [0, 0.05) is 44.3 Å². The van der Waals surface area contributed by atoms with E-state index in [1.165, 1.54) is 5.56 Å². The number of benzene rings is 2. The maximum atomic E-state index is 14.1. The summed E-state index contributed by atoms with van der Waals surface area (Å²) in [6.45, 7) is 9.23. The minimum absolute atomic E-state index is 0.0216. The van der Waals surface area contributed by atoms with Crippen molar-refractivity contribution in [2.75, 3.05) is 57.9 Å². The number of rotatable bonds is 6. The molecule has 2 aromatic rings. The summed E-state index contributed by atoms with van der Waals surface area (Å²) in [5.41, 5.74) is 9.94. The fraction of sp³-hybridized carbons (Fsp3) is 0.533. The maximum Gasteiger partial charge on any atom is 0.325 e. The van der Waals surface area contributed by atoms with Crippen molar-refractivity contribution < 1.29 is 19.1 Å². The summed E-state index contributed by atoms with van der Waals surface area (Å²) in [6.07, 6.45) is 1.50. The number of nitrogens with zero attached hydrogens (tertiary/aromatic N) is 3. The summed E-state index contributed by atoms with van der Waals surface area (Å²) in [5.74, 6) is 1.43. The summed E-state index contributed by atoms with van der Waals surface area (Å²) in [4.78, 5) is 33.3. The topological polar surface area (TPSA) is 86.4 Å². The summed E-state index contributed by atoms with van der Waals surface area (Å²) in [6, 6.07) is 14.5. The molecule has 2 aromatic carbocycles. The fourth-order valence-corrected chi connectivity index (χ4v) is 6.55. The number of likely N-dealkylation sites (tertiary alicyclic amines) is 1. The van der Waals surface area contributed by atoms with Gasteiger partial charge in [-0.05, 0) is 61.6 Å². The molecule has 0 atom stereocenters. The lowest BCUT2D eigenvalue weighted by Crippen LogP contribution is -2.59. The highest BCUT2D eigenvalue weighted by Gasteiger charge is 2.53. The molecule has 0 saturated carbocycles. The van der Waals surface area contributed by atoms with Crippen LogP contribution in [-0.4, -0.2) is 80.3 Å². The molecule has 6 rings (SSSR count). The summed E-state index contributed by atoms with van der Waals surface area (Å²) in [5, 5.41) is 0. The molecule has 2 N–H and O–H groups in total. The van der Waals surface area contributed by atoms with Crippen LogP contribution in [0.25, 0.3) is 0 Å². The van der Waals surface area contributed by atoms with Crippen LogP contribution in [0.1, 0.15) is 42.4 Å². The molecule has 0 aliphatic carbocycles. The molecule has 0 aromatic heterocycles. The maximum absolute atomic E-state index is 14.1. The molecule has 0 bridgehead atoms. The molecule has 4 aliphatic heterocycles. The zero-order chi connectivity index (χ0) is 27.2. The van der Waals surface area contributed by atoms with E-state index in [4.69, 9.17) is 9.47 Å². The first-order valence-corrected chi connectivity index (χ1v) is 14.0. The van der Waals surface area contributed by atoms with Gasteiger partial charge >= 0.3 is 6.03 Å². The number of anilines is 1. The highest BCUT2D eigenvalue weighted by molar-refractivity contribution is 5.95. The molecule has 208 valence electrons. The highest BCUT2D eigenvalue weighted by Crippen LogP contribution is 2.41. The second kappa shape index (κ2) is 10.1. The number of amides is 3. The molecule has 39 heavy (non-hydrogen) atoms. The van der Waals surface area contributed by atoms with E-state index >= 15 is 0 Å². The average Bonchev–Trinajstić information content (AvgIpc) is 3.57. The highest BCUT2D eigenvalue weighted by atomic mass is 16.5. The SMILES string of the molecule is COc1cccc(CN2C(=O)N(c3ccc(C4CNNC4)cc3)CC23CCN(C(=O)C2(C)COC2)CC3)c1C. The van der Waals surface area contributed by atoms with Gasteiger partial charge in [0.15, 0.2) is 0 Å². The normalized spacial score (nSPS) is 22.4. The van der Waals surface area contributed by atoms with E-state index in [0.29, 0.717) is 45.3 Å². The van der Waals surface area contributed by atoms with Crippen LogP contribution in [0.15, 0.2) is 42.5 Å². The number of urea groups is 1. The zero-order valence-corrected chi connectivity index (χ0v) is 23.2.